The highest BCUT2D eigenvalue weighted by Gasteiger charge is 2.05. The molecule has 4 nitrogen and oxygen atoms in total. The number of benzene rings is 1. The van der Waals surface area contributed by atoms with Gasteiger partial charge in [-0.25, -0.2) is 4.98 Å². The average molecular weight is 426 g/mol. The van der Waals surface area contributed by atoms with Gasteiger partial charge in [-0.15, -0.1) is 0 Å². The minimum atomic E-state index is -0.0841. The summed E-state index contributed by atoms with van der Waals surface area (Å²) < 4.78 is 2.63. The number of pyridine rings is 1. The molecule has 2 heterocycles. The van der Waals surface area contributed by atoms with Crippen molar-refractivity contribution in [1.29, 1.82) is 0 Å². The molecule has 0 aliphatic carbocycles. The maximum Gasteiger partial charge on any atom is 0.258 e. The Labute approximate surface area is 146 Å². The summed E-state index contributed by atoms with van der Waals surface area (Å²) >= 11 is 8.40. The summed E-state index contributed by atoms with van der Waals surface area (Å²) in [6.07, 6.45) is 1.79. The second kappa shape index (κ2) is 6.26. The maximum absolute atomic E-state index is 12.1. The van der Waals surface area contributed by atoms with E-state index in [4.69, 9.17) is 11.6 Å². The molecule has 1 N–H and O–H groups in total. The second-order valence-corrected chi connectivity index (χ2v) is 6.65. The molecule has 0 unspecified atom stereocenters. The molecular weight excluding hydrogens is 413 g/mol. The second-order valence-electron chi connectivity index (χ2n) is 5.00. The Kier molecular flexibility index (Phi) is 4.35. The van der Waals surface area contributed by atoms with E-state index in [9.17, 15) is 4.79 Å². The van der Waals surface area contributed by atoms with Crippen LogP contribution in [-0.2, 0) is 6.54 Å². The molecule has 1 aromatic carbocycles. The third kappa shape index (κ3) is 3.25. The average Bonchev–Trinajstić information content (AvgIpc) is 2.47. The summed E-state index contributed by atoms with van der Waals surface area (Å²) in [4.78, 5) is 16.6. The molecular formula is C16H13ClIN3O. The van der Waals surface area contributed by atoms with Crippen LogP contribution in [0.2, 0.25) is 5.02 Å². The number of rotatable bonds is 3. The van der Waals surface area contributed by atoms with Gasteiger partial charge in [-0.2, -0.15) is 0 Å². The van der Waals surface area contributed by atoms with Crippen molar-refractivity contribution < 1.29 is 0 Å². The van der Waals surface area contributed by atoms with Crippen LogP contribution >= 0.6 is 34.2 Å². The first-order chi connectivity index (χ1) is 10.5. The number of hydrogen-bond donors (Lipinski definition) is 1. The summed E-state index contributed by atoms with van der Waals surface area (Å²) in [5, 5.41) is 3.87. The molecule has 0 aliphatic rings. The molecule has 112 valence electrons. The Balaban J connectivity index is 1.88. The molecule has 0 saturated heterocycles. The molecule has 0 saturated carbocycles. The van der Waals surface area contributed by atoms with Crippen LogP contribution in [0.3, 0.4) is 0 Å². The minimum absolute atomic E-state index is 0.0841. The smallest absolute Gasteiger partial charge is 0.258 e. The number of halogens is 2. The molecule has 3 aromatic rings. The van der Waals surface area contributed by atoms with Crippen molar-refractivity contribution in [3.63, 3.8) is 0 Å². The van der Waals surface area contributed by atoms with E-state index in [0.29, 0.717) is 22.9 Å². The van der Waals surface area contributed by atoms with Gasteiger partial charge in [0.15, 0.2) is 0 Å². The first-order valence-electron chi connectivity index (χ1n) is 6.71. The largest absolute Gasteiger partial charge is 0.378 e. The number of nitrogens with zero attached hydrogens (tertiary/aromatic N) is 2. The highest BCUT2D eigenvalue weighted by Crippen LogP contribution is 2.24. The summed E-state index contributed by atoms with van der Waals surface area (Å²) in [7, 11) is 0. The summed E-state index contributed by atoms with van der Waals surface area (Å²) in [5.74, 6) is 0. The van der Waals surface area contributed by atoms with Gasteiger partial charge in [0.2, 0.25) is 0 Å². The first kappa shape index (κ1) is 15.3. The van der Waals surface area contributed by atoms with Gasteiger partial charge >= 0.3 is 0 Å². The lowest BCUT2D eigenvalue weighted by molar-refractivity contribution is 0.965. The van der Waals surface area contributed by atoms with Crippen molar-refractivity contribution in [3.8, 4) is 0 Å². The zero-order valence-corrected chi connectivity index (χ0v) is 14.7. The van der Waals surface area contributed by atoms with Crippen LogP contribution in [0, 0.1) is 10.5 Å². The minimum Gasteiger partial charge on any atom is -0.378 e. The standard InChI is InChI=1S/C16H13ClIN3O/c1-10-2-5-15-20-12(7-16(22)21(15)9-10)8-19-14-4-3-11(18)6-13(14)17/h2-7,9,19H,8H2,1H3. The highest BCUT2D eigenvalue weighted by atomic mass is 127. The van der Waals surface area contributed by atoms with Crippen LogP contribution in [0.1, 0.15) is 11.3 Å². The molecule has 0 amide bonds. The van der Waals surface area contributed by atoms with Crippen molar-refractivity contribution in [1.82, 2.24) is 9.38 Å². The molecule has 0 bridgehead atoms. The molecule has 0 atom stereocenters. The number of hydrogen-bond acceptors (Lipinski definition) is 3. The van der Waals surface area contributed by atoms with Crippen molar-refractivity contribution >= 4 is 45.5 Å². The van der Waals surface area contributed by atoms with E-state index in [2.05, 4.69) is 32.9 Å². The Morgan fingerprint density at radius 3 is 2.86 bits per heavy atom. The molecule has 3 rings (SSSR count). The number of aromatic nitrogens is 2. The predicted octanol–water partition coefficient (Wildman–Crippen LogP) is 3.87. The fraction of sp³-hybridized carbons (Fsp3) is 0.125. The van der Waals surface area contributed by atoms with Crippen LogP contribution in [0.15, 0.2) is 47.4 Å². The molecule has 0 fully saturated rings. The van der Waals surface area contributed by atoms with Crippen molar-refractivity contribution in [3.05, 3.63) is 72.8 Å². The quantitative estimate of drug-likeness (QED) is 0.648. The Bertz CT molecular complexity index is 908. The summed E-state index contributed by atoms with van der Waals surface area (Å²) in [5.41, 5.74) is 3.09. The number of aryl methyl sites for hydroxylation is 1. The topological polar surface area (TPSA) is 46.4 Å². The molecule has 6 heteroatoms. The zero-order valence-electron chi connectivity index (χ0n) is 11.8. The van der Waals surface area contributed by atoms with Crippen molar-refractivity contribution in [2.24, 2.45) is 0 Å². The third-order valence-corrected chi connectivity index (χ3v) is 4.24. The Morgan fingerprint density at radius 1 is 1.27 bits per heavy atom. The summed E-state index contributed by atoms with van der Waals surface area (Å²) in [6.45, 7) is 2.39. The van der Waals surface area contributed by atoms with Gasteiger partial charge in [-0.05, 0) is 59.3 Å². The monoisotopic (exact) mass is 425 g/mol. The fourth-order valence-electron chi connectivity index (χ4n) is 2.17. The van der Waals surface area contributed by atoms with E-state index in [1.807, 2.05) is 37.3 Å². The van der Waals surface area contributed by atoms with E-state index in [0.717, 1.165) is 14.8 Å². The molecule has 0 aliphatic heterocycles. The van der Waals surface area contributed by atoms with Gasteiger partial charge in [-0.3, -0.25) is 9.20 Å². The van der Waals surface area contributed by atoms with Crippen LogP contribution in [0.5, 0.6) is 0 Å². The van der Waals surface area contributed by atoms with E-state index in [-0.39, 0.29) is 5.56 Å². The van der Waals surface area contributed by atoms with Gasteiger partial charge in [0.25, 0.3) is 5.56 Å². The maximum atomic E-state index is 12.1. The zero-order chi connectivity index (χ0) is 15.7. The van der Waals surface area contributed by atoms with Crippen molar-refractivity contribution in [2.45, 2.75) is 13.5 Å². The van der Waals surface area contributed by atoms with Gasteiger partial charge < -0.3 is 5.32 Å². The highest BCUT2D eigenvalue weighted by molar-refractivity contribution is 14.1. The van der Waals surface area contributed by atoms with Crippen LogP contribution < -0.4 is 10.9 Å². The van der Waals surface area contributed by atoms with Gasteiger partial charge in [0.1, 0.15) is 5.65 Å². The Morgan fingerprint density at radius 2 is 2.09 bits per heavy atom. The summed E-state index contributed by atoms with van der Waals surface area (Å²) in [6, 6.07) is 11.1. The number of fused-ring (bicyclic) bond motifs is 1. The van der Waals surface area contributed by atoms with Gasteiger partial charge in [0.05, 0.1) is 22.9 Å². The van der Waals surface area contributed by atoms with E-state index < -0.39 is 0 Å². The van der Waals surface area contributed by atoms with Gasteiger partial charge in [0, 0.05) is 15.8 Å². The first-order valence-corrected chi connectivity index (χ1v) is 8.16. The predicted molar refractivity (Wildman–Crippen MR) is 97.7 cm³/mol. The van der Waals surface area contributed by atoms with Crippen molar-refractivity contribution in [2.75, 3.05) is 5.32 Å². The SMILES string of the molecule is Cc1ccc2nc(CNc3ccc(I)cc3Cl)cc(=O)n2c1. The van der Waals surface area contributed by atoms with Gasteiger partial charge in [-0.1, -0.05) is 17.7 Å². The third-order valence-electron chi connectivity index (χ3n) is 3.25. The van der Waals surface area contributed by atoms with E-state index in [1.165, 1.54) is 0 Å². The van der Waals surface area contributed by atoms with E-state index in [1.54, 1.807) is 16.7 Å². The lowest BCUT2D eigenvalue weighted by Gasteiger charge is -2.09. The van der Waals surface area contributed by atoms with Crippen LogP contribution in [0.4, 0.5) is 5.69 Å². The molecule has 2 aromatic heterocycles. The molecule has 22 heavy (non-hydrogen) atoms. The molecule has 0 radical (unpaired) electrons. The van der Waals surface area contributed by atoms with Crippen LogP contribution in [-0.4, -0.2) is 9.38 Å². The lowest BCUT2D eigenvalue weighted by atomic mass is 10.3. The van der Waals surface area contributed by atoms with Crippen LogP contribution in [0.25, 0.3) is 5.65 Å². The normalized spacial score (nSPS) is 10.9. The lowest BCUT2D eigenvalue weighted by Crippen LogP contribution is -2.17. The Hall–Kier alpha value is -1.60. The fourth-order valence-corrected chi connectivity index (χ4v) is 3.09. The number of nitrogens with one attached hydrogen (secondary N) is 1. The molecule has 0 spiro atoms. The van der Waals surface area contributed by atoms with E-state index >= 15 is 0 Å². The number of anilines is 1.